The molecule has 5 heteroatoms. The number of fused-ring (bicyclic) bond motifs is 2. The summed E-state index contributed by atoms with van der Waals surface area (Å²) < 4.78 is 0. The fraction of sp³-hybridized carbons (Fsp3) is 0.357. The Kier molecular flexibility index (Phi) is 2.81. The molecule has 1 fully saturated rings. The second-order valence-electron chi connectivity index (χ2n) is 5.07. The lowest BCUT2D eigenvalue weighted by atomic mass is 9.82. The molecule has 19 heavy (non-hydrogen) atoms. The van der Waals surface area contributed by atoms with Crippen molar-refractivity contribution in [2.45, 2.75) is 6.42 Å². The van der Waals surface area contributed by atoms with E-state index < -0.39 is 17.8 Å². The van der Waals surface area contributed by atoms with Crippen molar-refractivity contribution < 1.29 is 14.7 Å². The zero-order valence-corrected chi connectivity index (χ0v) is 10.2. The number of aromatic nitrogens is 1. The highest BCUT2D eigenvalue weighted by Gasteiger charge is 2.51. The van der Waals surface area contributed by atoms with Crippen LogP contribution in [0.3, 0.4) is 0 Å². The fourth-order valence-electron chi connectivity index (χ4n) is 3.18. The normalized spacial score (nSPS) is 31.4. The first-order valence-electron chi connectivity index (χ1n) is 6.29. The molecule has 5 nitrogen and oxygen atoms in total. The van der Waals surface area contributed by atoms with Crippen molar-refractivity contribution >= 4 is 17.6 Å². The molecule has 0 unspecified atom stereocenters. The van der Waals surface area contributed by atoms with Crippen molar-refractivity contribution in [3.8, 4) is 0 Å². The van der Waals surface area contributed by atoms with E-state index in [-0.39, 0.29) is 17.7 Å². The third-order valence-electron chi connectivity index (χ3n) is 3.98. The number of rotatable bonds is 3. The summed E-state index contributed by atoms with van der Waals surface area (Å²) in [6, 6.07) is 3.47. The standard InChI is InChI=1S/C14H14N2O3/c17-13(16-10-2-1-5-15-7-10)11-8-3-4-9(6-8)12(11)14(18)19/h1-5,7-9,11-12H,6H2,(H,16,17)(H,18,19)/t8-,9+,11+,12+/m0/s1. The van der Waals surface area contributed by atoms with Gasteiger partial charge in [0.05, 0.1) is 23.7 Å². The highest BCUT2D eigenvalue weighted by molar-refractivity contribution is 5.96. The van der Waals surface area contributed by atoms with Crippen molar-refractivity contribution in [1.82, 2.24) is 4.98 Å². The number of carbonyl (C=O) groups excluding carboxylic acids is 1. The Morgan fingerprint density at radius 3 is 2.63 bits per heavy atom. The molecule has 0 saturated heterocycles. The molecule has 1 heterocycles. The predicted octanol–water partition coefficient (Wildman–Crippen LogP) is 1.54. The summed E-state index contributed by atoms with van der Waals surface area (Å²) in [6.45, 7) is 0. The fourth-order valence-corrected chi connectivity index (χ4v) is 3.18. The number of amides is 1. The second kappa shape index (κ2) is 4.50. The number of allylic oxidation sites excluding steroid dienone is 2. The molecule has 2 aliphatic carbocycles. The lowest BCUT2D eigenvalue weighted by Gasteiger charge is -2.23. The third-order valence-corrected chi connectivity index (χ3v) is 3.98. The van der Waals surface area contributed by atoms with Gasteiger partial charge in [-0.05, 0) is 30.4 Å². The van der Waals surface area contributed by atoms with Crippen LogP contribution in [0.1, 0.15) is 6.42 Å². The second-order valence-corrected chi connectivity index (χ2v) is 5.07. The van der Waals surface area contributed by atoms with E-state index in [9.17, 15) is 14.7 Å². The zero-order chi connectivity index (χ0) is 13.4. The van der Waals surface area contributed by atoms with Gasteiger partial charge in [-0.1, -0.05) is 12.2 Å². The molecule has 1 saturated carbocycles. The van der Waals surface area contributed by atoms with E-state index in [0.717, 1.165) is 6.42 Å². The topological polar surface area (TPSA) is 79.3 Å². The Morgan fingerprint density at radius 2 is 2.00 bits per heavy atom. The van der Waals surface area contributed by atoms with Gasteiger partial charge in [-0.3, -0.25) is 14.6 Å². The lowest BCUT2D eigenvalue weighted by Crippen LogP contribution is -2.36. The van der Waals surface area contributed by atoms with Crippen LogP contribution in [0, 0.1) is 23.7 Å². The van der Waals surface area contributed by atoms with Crippen LogP contribution in [0.4, 0.5) is 5.69 Å². The van der Waals surface area contributed by atoms with E-state index >= 15 is 0 Å². The molecule has 0 radical (unpaired) electrons. The monoisotopic (exact) mass is 258 g/mol. The molecule has 3 rings (SSSR count). The Labute approximate surface area is 110 Å². The van der Waals surface area contributed by atoms with Crippen LogP contribution in [-0.4, -0.2) is 22.0 Å². The van der Waals surface area contributed by atoms with Crippen LogP contribution in [0.2, 0.25) is 0 Å². The highest BCUT2D eigenvalue weighted by atomic mass is 16.4. The van der Waals surface area contributed by atoms with Gasteiger partial charge in [0.2, 0.25) is 5.91 Å². The largest absolute Gasteiger partial charge is 0.481 e. The Balaban J connectivity index is 1.79. The summed E-state index contributed by atoms with van der Waals surface area (Å²) >= 11 is 0. The van der Waals surface area contributed by atoms with Crippen LogP contribution in [0.5, 0.6) is 0 Å². The lowest BCUT2D eigenvalue weighted by molar-refractivity contribution is -0.146. The number of aliphatic carboxylic acids is 1. The molecule has 0 aliphatic heterocycles. The predicted molar refractivity (Wildman–Crippen MR) is 68.2 cm³/mol. The average Bonchev–Trinajstić information content (AvgIpc) is 2.99. The molecule has 2 bridgehead atoms. The summed E-state index contributed by atoms with van der Waals surface area (Å²) in [6.07, 6.45) is 7.84. The number of hydrogen-bond acceptors (Lipinski definition) is 3. The van der Waals surface area contributed by atoms with E-state index in [4.69, 9.17) is 0 Å². The SMILES string of the molecule is O=C(O)[C@H]1[C@H](C(=O)Nc2cccnc2)[C@H]2C=C[C@@H]1C2. The number of anilines is 1. The van der Waals surface area contributed by atoms with Gasteiger partial charge in [0.25, 0.3) is 0 Å². The Hall–Kier alpha value is -2.17. The van der Waals surface area contributed by atoms with Crippen molar-refractivity contribution in [2.24, 2.45) is 23.7 Å². The van der Waals surface area contributed by atoms with Gasteiger partial charge in [0, 0.05) is 6.20 Å². The third kappa shape index (κ3) is 2.01. The molecule has 2 N–H and O–H groups in total. The first-order chi connectivity index (χ1) is 9.16. The number of pyridine rings is 1. The zero-order valence-electron chi connectivity index (χ0n) is 10.2. The number of hydrogen-bond donors (Lipinski definition) is 2. The Bertz CT molecular complexity index is 541. The first kappa shape index (κ1) is 11.9. The number of carboxylic acid groups (broad SMARTS) is 1. The smallest absolute Gasteiger partial charge is 0.307 e. The number of nitrogens with zero attached hydrogens (tertiary/aromatic N) is 1. The van der Waals surface area contributed by atoms with E-state index in [1.807, 2.05) is 12.2 Å². The van der Waals surface area contributed by atoms with Gasteiger partial charge < -0.3 is 10.4 Å². The van der Waals surface area contributed by atoms with Crippen molar-refractivity contribution in [2.75, 3.05) is 5.32 Å². The first-order valence-corrected chi connectivity index (χ1v) is 6.29. The molecule has 98 valence electrons. The quantitative estimate of drug-likeness (QED) is 0.806. The van der Waals surface area contributed by atoms with Crippen molar-refractivity contribution in [3.63, 3.8) is 0 Å². The summed E-state index contributed by atoms with van der Waals surface area (Å²) in [5, 5.41) is 12.0. The molecular formula is C14H14N2O3. The Morgan fingerprint density at radius 1 is 1.26 bits per heavy atom. The van der Waals surface area contributed by atoms with Crippen LogP contribution in [0.25, 0.3) is 0 Å². The molecular weight excluding hydrogens is 244 g/mol. The van der Waals surface area contributed by atoms with E-state index in [0.29, 0.717) is 5.69 Å². The van der Waals surface area contributed by atoms with Gasteiger partial charge in [-0.15, -0.1) is 0 Å². The summed E-state index contributed by atoms with van der Waals surface area (Å²) in [7, 11) is 0. The molecule has 2 aliphatic rings. The van der Waals surface area contributed by atoms with Gasteiger partial charge >= 0.3 is 5.97 Å². The van der Waals surface area contributed by atoms with E-state index in [1.165, 1.54) is 0 Å². The maximum Gasteiger partial charge on any atom is 0.307 e. The van der Waals surface area contributed by atoms with Crippen LogP contribution in [0.15, 0.2) is 36.7 Å². The molecule has 4 atom stereocenters. The van der Waals surface area contributed by atoms with Gasteiger partial charge in [-0.2, -0.15) is 0 Å². The number of nitrogens with one attached hydrogen (secondary N) is 1. The minimum absolute atomic E-state index is 0.00727. The summed E-state index contributed by atoms with van der Waals surface area (Å²) in [5.74, 6) is -2.16. The van der Waals surface area contributed by atoms with Crippen LogP contribution >= 0.6 is 0 Å². The maximum atomic E-state index is 12.3. The molecule has 1 aromatic heterocycles. The highest BCUT2D eigenvalue weighted by Crippen LogP contribution is 2.48. The van der Waals surface area contributed by atoms with Crippen LogP contribution in [-0.2, 0) is 9.59 Å². The van der Waals surface area contributed by atoms with Gasteiger partial charge in [-0.25, -0.2) is 0 Å². The molecule has 1 aromatic rings. The van der Waals surface area contributed by atoms with Crippen molar-refractivity contribution in [1.29, 1.82) is 0 Å². The summed E-state index contributed by atoms with van der Waals surface area (Å²) in [4.78, 5) is 27.5. The summed E-state index contributed by atoms with van der Waals surface area (Å²) in [5.41, 5.74) is 0.600. The van der Waals surface area contributed by atoms with Crippen LogP contribution < -0.4 is 5.32 Å². The number of carbonyl (C=O) groups is 2. The molecule has 0 aromatic carbocycles. The maximum absolute atomic E-state index is 12.3. The number of carboxylic acids is 1. The molecule has 1 amide bonds. The van der Waals surface area contributed by atoms with Crippen molar-refractivity contribution in [3.05, 3.63) is 36.7 Å². The van der Waals surface area contributed by atoms with Gasteiger partial charge in [0.1, 0.15) is 0 Å². The average molecular weight is 258 g/mol. The van der Waals surface area contributed by atoms with E-state index in [1.54, 1.807) is 24.5 Å². The van der Waals surface area contributed by atoms with Gasteiger partial charge in [0.15, 0.2) is 0 Å². The molecule has 0 spiro atoms. The minimum Gasteiger partial charge on any atom is -0.481 e. The van der Waals surface area contributed by atoms with E-state index in [2.05, 4.69) is 10.3 Å². The minimum atomic E-state index is -0.886.